The lowest BCUT2D eigenvalue weighted by Crippen LogP contribution is -2.54. The summed E-state index contributed by atoms with van der Waals surface area (Å²) in [5, 5.41) is 12.2. The average Bonchev–Trinajstić information content (AvgIpc) is 1.61. The van der Waals surface area contributed by atoms with Crippen molar-refractivity contribution in [2.45, 2.75) is 100 Å². The predicted octanol–water partition coefficient (Wildman–Crippen LogP) is 9.62. The molecule has 2 atom stereocenters. The van der Waals surface area contributed by atoms with Crippen LogP contribution in [0.2, 0.25) is 0 Å². The van der Waals surface area contributed by atoms with Crippen LogP contribution in [0.3, 0.4) is 0 Å². The fraction of sp³-hybridized carbons (Fsp3) is 0.295. The second kappa shape index (κ2) is 32.8. The average molecular weight is 1610 g/mol. The smallest absolute Gasteiger partial charge is 0.262 e. The van der Waals surface area contributed by atoms with Gasteiger partial charge in [0.05, 0.1) is 84.2 Å². The van der Waals surface area contributed by atoms with Crippen molar-refractivity contribution in [3.63, 3.8) is 0 Å². The van der Waals surface area contributed by atoms with E-state index in [1.54, 1.807) is 42.7 Å². The van der Waals surface area contributed by atoms with Crippen LogP contribution in [0.5, 0.6) is 35.0 Å². The van der Waals surface area contributed by atoms with Gasteiger partial charge in [0, 0.05) is 177 Å². The number of hydrogen-bond donors (Lipinski definition) is 3. The number of benzene rings is 4. The predicted molar refractivity (Wildman–Crippen MR) is 429 cm³/mol. The van der Waals surface area contributed by atoms with Crippen LogP contribution in [-0.2, 0) is 42.7 Å². The molecule has 8 amide bonds. The number of rotatable bonds is 23. The molecule has 6 aliphatic heterocycles. The van der Waals surface area contributed by atoms with Crippen molar-refractivity contribution in [2.75, 3.05) is 57.5 Å². The van der Waals surface area contributed by atoms with E-state index in [2.05, 4.69) is 118 Å². The lowest BCUT2D eigenvalue weighted by atomic mass is 9.92. The Balaban J connectivity index is 0.000000139. The van der Waals surface area contributed by atoms with Gasteiger partial charge < -0.3 is 57.2 Å². The molecule has 2 unspecified atom stereocenters. The molecule has 604 valence electrons. The Kier molecular flexibility index (Phi) is 21.1. The topological polar surface area (TPSA) is 343 Å². The maximum absolute atomic E-state index is 13.2. The molecule has 6 fully saturated rings. The molecule has 3 N–H and O–H groups in total. The van der Waals surface area contributed by atoms with E-state index < -0.39 is 65.2 Å². The van der Waals surface area contributed by atoms with Gasteiger partial charge in [-0.25, -0.2) is 24.3 Å². The van der Waals surface area contributed by atoms with Gasteiger partial charge in [0.1, 0.15) is 67.0 Å². The number of nitrogens with one attached hydrogen (secondary N) is 3. The first kappa shape index (κ1) is 76.6. The third-order valence-corrected chi connectivity index (χ3v) is 22.6. The largest absolute Gasteiger partial charge is 0.490 e. The number of halogens is 1. The standard InChI is InChI=1S/C44H39N7O8.C31H31N5O4.C13H9FN2O4/c1-49-36-12-13-45-22-35(36)32-6-2-25(16-38(32)49)26-3-10-40(46-20-26)58-30-18-29(19-30)57-15-14-56-28-5-11-41(47-21-28)59-31-23-50(24-31)27-4-7-33-34(17-27)44(55)51(43(33)54)37-8-9-39(52)48-42(37)53;1-36-28-8-9-32-19-27(28)26-5-2-20(12-29(26)36)21-3-6-30(34-15-21)39-24-13-23(14-24)38-11-10-37-22-4-7-31(35-18-22)40-25-16-33-17-25;14-6-1-2-7-8(5-6)13(20)16(12(7)19)9-3-4-10(17)15-11(9)18/h2-7,10-13,16-17,20-22,29-31,37H,8-9,14-15,18-19,23-24H2,1H3,(H,48,52,53);2-9,12,15,18-19,23-25,33H,10-11,13-14,16-17H2,1H3;1-2,5,9H,3-4H2,(H,15,17,18). The number of nitrogens with zero attached hydrogens (tertiary/aromatic N) is 11. The molecule has 8 aromatic heterocycles. The lowest BCUT2D eigenvalue weighted by molar-refractivity contribution is -0.137. The van der Waals surface area contributed by atoms with Crippen molar-refractivity contribution in [2.24, 2.45) is 14.1 Å². The van der Waals surface area contributed by atoms with E-state index in [1.165, 1.54) is 33.3 Å². The van der Waals surface area contributed by atoms with E-state index in [1.807, 2.05) is 78.5 Å². The maximum atomic E-state index is 13.2. The Labute approximate surface area is 678 Å². The van der Waals surface area contributed by atoms with Crippen LogP contribution in [0.15, 0.2) is 183 Å². The summed E-state index contributed by atoms with van der Waals surface area (Å²) in [6.07, 6.45) is 18.7. The molecule has 0 radical (unpaired) electrons. The van der Waals surface area contributed by atoms with Crippen molar-refractivity contribution in [1.29, 1.82) is 0 Å². The van der Waals surface area contributed by atoms with Crippen LogP contribution >= 0.6 is 0 Å². The number of hydrogen-bond acceptors (Lipinski definition) is 24. The van der Waals surface area contributed by atoms with Gasteiger partial charge in [-0.3, -0.25) is 68.8 Å². The van der Waals surface area contributed by atoms with E-state index in [4.69, 9.17) is 37.9 Å². The Hall–Kier alpha value is -13.7. The molecule has 119 heavy (non-hydrogen) atoms. The first-order valence-electron chi connectivity index (χ1n) is 39.4. The molecule has 0 spiro atoms. The molecule has 12 aromatic rings. The normalized spacial score (nSPS) is 20.1. The minimum Gasteiger partial charge on any atom is -0.490 e. The summed E-state index contributed by atoms with van der Waals surface area (Å²) in [7, 11) is 4.17. The molecule has 4 aromatic carbocycles. The molecule has 14 heterocycles. The summed E-state index contributed by atoms with van der Waals surface area (Å²) >= 11 is 0. The minimum atomic E-state index is -1.02. The highest BCUT2D eigenvalue weighted by Crippen LogP contribution is 2.38. The first-order chi connectivity index (χ1) is 57.9. The Bertz CT molecular complexity index is 5970. The Morgan fingerprint density at radius 3 is 1.29 bits per heavy atom. The lowest BCUT2D eigenvalue weighted by Gasteiger charge is -2.40. The number of ether oxygens (including phenoxy) is 8. The quantitative estimate of drug-likeness (QED) is 0.0396. The fourth-order valence-electron chi connectivity index (χ4n) is 15.9. The highest BCUT2D eigenvalue weighted by Gasteiger charge is 2.47. The molecule has 2 saturated carbocycles. The van der Waals surface area contributed by atoms with Crippen molar-refractivity contribution in [3.8, 4) is 57.3 Å². The van der Waals surface area contributed by atoms with Crippen LogP contribution in [-0.4, -0.2) is 197 Å². The molecule has 30 nitrogen and oxygen atoms in total. The second-order valence-electron chi connectivity index (χ2n) is 30.3. The van der Waals surface area contributed by atoms with Gasteiger partial charge in [0.25, 0.3) is 23.6 Å². The monoisotopic (exact) mass is 1610 g/mol. The third-order valence-electron chi connectivity index (χ3n) is 22.6. The molecule has 2 aliphatic carbocycles. The van der Waals surface area contributed by atoms with Gasteiger partial charge in [-0.15, -0.1) is 0 Å². The number of amides is 8. The van der Waals surface area contributed by atoms with Crippen LogP contribution in [0, 0.1) is 5.82 Å². The Morgan fingerprint density at radius 2 is 0.840 bits per heavy atom. The molecule has 4 saturated heterocycles. The first-order valence-corrected chi connectivity index (χ1v) is 39.4. The molecule has 8 aliphatic rings. The maximum Gasteiger partial charge on any atom is 0.262 e. The molecule has 31 heteroatoms. The zero-order chi connectivity index (χ0) is 81.5. The van der Waals surface area contributed by atoms with Crippen molar-refractivity contribution >= 4 is 96.6 Å². The highest BCUT2D eigenvalue weighted by atomic mass is 19.1. The van der Waals surface area contributed by atoms with Crippen molar-refractivity contribution < 1.29 is 80.6 Å². The third kappa shape index (κ3) is 15.9. The number of imide groups is 4. The van der Waals surface area contributed by atoms with Gasteiger partial charge in [-0.1, -0.05) is 24.3 Å². The molecular formula is C88H79FN14O16. The van der Waals surface area contributed by atoms with Gasteiger partial charge in [-0.05, 0) is 109 Å². The number of carbonyl (C=O) groups is 8. The van der Waals surface area contributed by atoms with E-state index >= 15 is 0 Å². The summed E-state index contributed by atoms with van der Waals surface area (Å²) in [5.41, 5.74) is 10.2. The summed E-state index contributed by atoms with van der Waals surface area (Å²) in [5.74, 6) is -1.54. The highest BCUT2D eigenvalue weighted by molar-refractivity contribution is 6.25. The summed E-state index contributed by atoms with van der Waals surface area (Å²) in [6.45, 7) is 4.68. The van der Waals surface area contributed by atoms with E-state index in [0.717, 1.165) is 105 Å². The van der Waals surface area contributed by atoms with Crippen molar-refractivity contribution in [1.82, 2.24) is 64.8 Å². The van der Waals surface area contributed by atoms with Crippen LogP contribution < -0.4 is 49.3 Å². The van der Waals surface area contributed by atoms with E-state index in [9.17, 15) is 42.7 Å². The molecule has 20 rings (SSSR count). The van der Waals surface area contributed by atoms with Crippen molar-refractivity contribution in [3.05, 3.63) is 211 Å². The number of aromatic nitrogens is 8. The number of carbonyl (C=O) groups excluding carboxylic acids is 8. The van der Waals surface area contributed by atoms with Gasteiger partial charge in [0.15, 0.2) is 0 Å². The minimum absolute atomic E-state index is 0.0537. The number of fused-ring (bicyclic) bond motifs is 8. The Morgan fingerprint density at radius 1 is 0.403 bits per heavy atom. The number of pyridine rings is 6. The van der Waals surface area contributed by atoms with Crippen LogP contribution in [0.25, 0.3) is 65.9 Å². The summed E-state index contributed by atoms with van der Waals surface area (Å²) in [4.78, 5) is 128. The number of anilines is 1. The number of piperidine rings is 2. The zero-order valence-corrected chi connectivity index (χ0v) is 64.6. The van der Waals surface area contributed by atoms with Gasteiger partial charge >= 0.3 is 0 Å². The van der Waals surface area contributed by atoms with Crippen LogP contribution in [0.1, 0.15) is 92.8 Å². The second-order valence-corrected chi connectivity index (χ2v) is 30.3. The zero-order valence-electron chi connectivity index (χ0n) is 64.6. The SMILES string of the molecule is Cn1c2ccncc2c2ccc(-c3ccc(OC4CC(OCCOc5ccc(OC6CN(c7ccc8c(c7)C(=O)N(C7CCC(=O)NC7=O)C8=O)C6)nc5)C4)nc3)cc21.Cn1c2ccncc2c2ccc(-c3ccc(OC4CC(OCCOc5ccc(OC6CNC6)nc5)C4)nc3)cc21.O=C1CCC(N2C(=O)c3ccc(F)cc3C2=O)C(=O)N1. The fourth-order valence-corrected chi connectivity index (χ4v) is 15.9. The van der Waals surface area contributed by atoms with Gasteiger partial charge in [0.2, 0.25) is 47.1 Å². The number of aryl methyl sites for hydroxylation is 2. The van der Waals surface area contributed by atoms with Crippen LogP contribution in [0.4, 0.5) is 10.1 Å². The van der Waals surface area contributed by atoms with E-state index in [0.29, 0.717) is 74.5 Å². The van der Waals surface area contributed by atoms with Gasteiger partial charge in [-0.2, -0.15) is 0 Å². The summed E-state index contributed by atoms with van der Waals surface area (Å²) in [6, 6.07) is 38.6. The molecule has 0 bridgehead atoms. The molecular weight excluding hydrogens is 1530 g/mol. The summed E-state index contributed by atoms with van der Waals surface area (Å²) < 4.78 is 65.0. The van der Waals surface area contributed by atoms with E-state index in [-0.39, 0.29) is 84.6 Å².